The SMILES string of the molecule is N#Cc1[nH]nnc1-c1cc(Cl)ccc1/C=C/c1cc(C(F)(F)F)cc(C(F)(F)F)c1. The topological polar surface area (TPSA) is 65.4 Å². The van der Waals surface area contributed by atoms with Gasteiger partial charge in [-0.15, -0.1) is 5.10 Å². The Bertz CT molecular complexity index is 1120. The van der Waals surface area contributed by atoms with Crippen molar-refractivity contribution in [3.63, 3.8) is 0 Å². The number of alkyl halides is 6. The molecule has 0 saturated carbocycles. The number of aromatic nitrogens is 3. The van der Waals surface area contributed by atoms with Crippen LogP contribution in [-0.2, 0) is 12.4 Å². The second-order valence-electron chi connectivity index (χ2n) is 6.05. The van der Waals surface area contributed by atoms with Gasteiger partial charge in [0.05, 0.1) is 11.1 Å². The van der Waals surface area contributed by atoms with E-state index in [4.69, 9.17) is 16.9 Å². The standard InChI is InChI=1S/C19H9ClF6N4/c20-14-4-3-11(15(8-14)17-16(9-27)28-30-29-17)2-1-10-5-12(18(21,22)23)7-13(6-10)19(24,25)26/h1-8H,(H,28,29,30)/b2-1+. The van der Waals surface area contributed by atoms with Crippen LogP contribution in [0.5, 0.6) is 0 Å². The van der Waals surface area contributed by atoms with E-state index < -0.39 is 23.5 Å². The summed E-state index contributed by atoms with van der Waals surface area (Å²) in [4.78, 5) is 0. The first-order chi connectivity index (χ1) is 14.0. The minimum absolute atomic E-state index is 0.0188. The van der Waals surface area contributed by atoms with E-state index in [1.54, 1.807) is 0 Å². The monoisotopic (exact) mass is 442 g/mol. The molecule has 3 rings (SSSR count). The molecule has 2 aromatic carbocycles. The Balaban J connectivity index is 2.10. The summed E-state index contributed by atoms with van der Waals surface area (Å²) in [5, 5.41) is 19.1. The highest BCUT2D eigenvalue weighted by molar-refractivity contribution is 6.31. The number of nitrogens with zero attached hydrogens (tertiary/aromatic N) is 3. The summed E-state index contributed by atoms with van der Waals surface area (Å²) in [6.07, 6.45) is -7.49. The molecule has 0 radical (unpaired) electrons. The van der Waals surface area contributed by atoms with Crippen molar-refractivity contribution in [1.82, 2.24) is 15.4 Å². The van der Waals surface area contributed by atoms with Gasteiger partial charge in [0.15, 0.2) is 5.69 Å². The van der Waals surface area contributed by atoms with Gasteiger partial charge in [-0.3, -0.25) is 0 Å². The van der Waals surface area contributed by atoms with E-state index in [0.717, 1.165) is 6.08 Å². The molecular formula is C19H9ClF6N4. The zero-order valence-corrected chi connectivity index (χ0v) is 15.4. The Kier molecular flexibility index (Phi) is 5.59. The first-order valence-electron chi connectivity index (χ1n) is 8.07. The number of benzene rings is 2. The van der Waals surface area contributed by atoms with Crippen molar-refractivity contribution < 1.29 is 26.3 Å². The Morgan fingerprint density at radius 3 is 2.13 bits per heavy atom. The molecule has 0 spiro atoms. The predicted octanol–water partition coefficient (Wildman–Crippen LogP) is 6.20. The zero-order chi connectivity index (χ0) is 22.1. The van der Waals surface area contributed by atoms with E-state index in [-0.39, 0.29) is 28.0 Å². The van der Waals surface area contributed by atoms with Crippen molar-refractivity contribution in [2.75, 3.05) is 0 Å². The summed E-state index contributed by atoms with van der Waals surface area (Å²) in [6, 6.07) is 7.53. The number of halogens is 7. The fourth-order valence-corrected chi connectivity index (χ4v) is 2.81. The molecule has 4 nitrogen and oxygen atoms in total. The van der Waals surface area contributed by atoms with Gasteiger partial charge in [0.2, 0.25) is 0 Å². The number of aromatic amines is 1. The average Bonchev–Trinajstić information content (AvgIpc) is 3.14. The van der Waals surface area contributed by atoms with E-state index in [2.05, 4.69) is 15.4 Å². The van der Waals surface area contributed by atoms with E-state index in [1.165, 1.54) is 24.3 Å². The first-order valence-corrected chi connectivity index (χ1v) is 8.45. The van der Waals surface area contributed by atoms with Crippen LogP contribution in [0.1, 0.15) is 27.9 Å². The highest BCUT2D eigenvalue weighted by Crippen LogP contribution is 2.37. The van der Waals surface area contributed by atoms with Crippen LogP contribution < -0.4 is 0 Å². The molecule has 154 valence electrons. The molecule has 0 bridgehead atoms. The fourth-order valence-electron chi connectivity index (χ4n) is 2.63. The maximum Gasteiger partial charge on any atom is 0.416 e. The van der Waals surface area contributed by atoms with Crippen LogP contribution in [0.25, 0.3) is 23.4 Å². The number of hydrogen-bond acceptors (Lipinski definition) is 3. The van der Waals surface area contributed by atoms with Gasteiger partial charge in [0.25, 0.3) is 0 Å². The van der Waals surface area contributed by atoms with Crippen LogP contribution in [0, 0.1) is 11.3 Å². The Morgan fingerprint density at radius 1 is 0.933 bits per heavy atom. The molecule has 11 heteroatoms. The molecular weight excluding hydrogens is 434 g/mol. The summed E-state index contributed by atoms with van der Waals surface area (Å²) >= 11 is 5.97. The van der Waals surface area contributed by atoms with Gasteiger partial charge in [-0.25, -0.2) is 5.10 Å². The molecule has 1 heterocycles. The van der Waals surface area contributed by atoms with Gasteiger partial charge in [-0.2, -0.15) is 31.6 Å². The van der Waals surface area contributed by atoms with E-state index >= 15 is 0 Å². The maximum absolute atomic E-state index is 13.0. The Morgan fingerprint density at radius 2 is 1.57 bits per heavy atom. The number of H-pyrrole nitrogens is 1. The molecule has 0 amide bonds. The summed E-state index contributed by atoms with van der Waals surface area (Å²) in [7, 11) is 0. The summed E-state index contributed by atoms with van der Waals surface area (Å²) in [5.41, 5.74) is -2.31. The molecule has 30 heavy (non-hydrogen) atoms. The molecule has 0 atom stereocenters. The van der Waals surface area contributed by atoms with Gasteiger partial charge in [-0.1, -0.05) is 35.0 Å². The largest absolute Gasteiger partial charge is 0.416 e. The lowest BCUT2D eigenvalue weighted by molar-refractivity contribution is -0.143. The number of nitrogens with one attached hydrogen (secondary N) is 1. The predicted molar refractivity (Wildman–Crippen MR) is 96.9 cm³/mol. The lowest BCUT2D eigenvalue weighted by Crippen LogP contribution is -2.11. The first kappa shape index (κ1) is 21.4. The minimum atomic E-state index is -4.95. The van der Waals surface area contributed by atoms with Crippen molar-refractivity contribution in [2.24, 2.45) is 0 Å². The Labute approximate surface area is 170 Å². The van der Waals surface area contributed by atoms with E-state index in [1.807, 2.05) is 6.07 Å². The van der Waals surface area contributed by atoms with Crippen LogP contribution in [0.3, 0.4) is 0 Å². The van der Waals surface area contributed by atoms with Crippen molar-refractivity contribution in [2.45, 2.75) is 12.4 Å². The molecule has 0 saturated heterocycles. The third-order valence-electron chi connectivity index (χ3n) is 4.00. The van der Waals surface area contributed by atoms with Crippen molar-refractivity contribution in [1.29, 1.82) is 5.26 Å². The van der Waals surface area contributed by atoms with Gasteiger partial charge >= 0.3 is 12.4 Å². The quantitative estimate of drug-likeness (QED) is 0.387. The molecule has 3 aromatic rings. The maximum atomic E-state index is 13.0. The van der Waals surface area contributed by atoms with Gasteiger partial charge in [0.1, 0.15) is 11.8 Å². The number of nitriles is 1. The van der Waals surface area contributed by atoms with Crippen molar-refractivity contribution in [3.05, 3.63) is 69.4 Å². The lowest BCUT2D eigenvalue weighted by atomic mass is 10.0. The molecule has 0 aliphatic heterocycles. The molecule has 1 aromatic heterocycles. The lowest BCUT2D eigenvalue weighted by Gasteiger charge is -2.13. The molecule has 1 N–H and O–H groups in total. The van der Waals surface area contributed by atoms with Gasteiger partial charge in [-0.05, 0) is 41.5 Å². The van der Waals surface area contributed by atoms with Gasteiger partial charge < -0.3 is 0 Å². The van der Waals surface area contributed by atoms with Crippen molar-refractivity contribution >= 4 is 23.8 Å². The average molecular weight is 443 g/mol. The third-order valence-corrected chi connectivity index (χ3v) is 4.23. The fraction of sp³-hybridized carbons (Fsp3) is 0.105. The molecule has 0 aliphatic carbocycles. The molecule has 0 unspecified atom stereocenters. The smallest absolute Gasteiger partial charge is 0.247 e. The second kappa shape index (κ2) is 7.84. The molecule has 0 fully saturated rings. The van der Waals surface area contributed by atoms with Crippen LogP contribution in [0.15, 0.2) is 36.4 Å². The normalized spacial score (nSPS) is 12.3. The third kappa shape index (κ3) is 4.63. The highest BCUT2D eigenvalue weighted by atomic mass is 35.5. The summed E-state index contributed by atoms with van der Waals surface area (Å²) in [6.45, 7) is 0. The van der Waals surface area contributed by atoms with Gasteiger partial charge in [0, 0.05) is 10.6 Å². The van der Waals surface area contributed by atoms with Crippen molar-refractivity contribution in [3.8, 4) is 17.3 Å². The Hall–Kier alpha value is -3.32. The van der Waals surface area contributed by atoms with Crippen LogP contribution in [0.4, 0.5) is 26.3 Å². The number of hydrogen-bond donors (Lipinski definition) is 1. The summed E-state index contributed by atoms with van der Waals surface area (Å²) < 4.78 is 78.1. The van der Waals surface area contributed by atoms with Crippen LogP contribution in [0.2, 0.25) is 5.02 Å². The van der Waals surface area contributed by atoms with E-state index in [0.29, 0.717) is 23.3 Å². The van der Waals surface area contributed by atoms with Crippen LogP contribution in [-0.4, -0.2) is 15.4 Å². The molecule has 0 aliphatic rings. The minimum Gasteiger partial charge on any atom is -0.247 e. The number of rotatable bonds is 3. The summed E-state index contributed by atoms with van der Waals surface area (Å²) in [5.74, 6) is 0. The highest BCUT2D eigenvalue weighted by Gasteiger charge is 2.36. The van der Waals surface area contributed by atoms with Crippen LogP contribution >= 0.6 is 11.6 Å². The zero-order valence-electron chi connectivity index (χ0n) is 14.6. The van der Waals surface area contributed by atoms with E-state index in [9.17, 15) is 26.3 Å². The second-order valence-corrected chi connectivity index (χ2v) is 6.49.